The zero-order valence-corrected chi connectivity index (χ0v) is 15.8. The summed E-state index contributed by atoms with van der Waals surface area (Å²) in [5, 5.41) is 18.2. The van der Waals surface area contributed by atoms with E-state index in [-0.39, 0.29) is 23.8 Å². The van der Waals surface area contributed by atoms with E-state index < -0.39 is 5.91 Å². The topological polar surface area (TPSA) is 83.5 Å². The van der Waals surface area contributed by atoms with Gasteiger partial charge in [0, 0.05) is 48.5 Å². The Morgan fingerprint density at radius 3 is 2.66 bits per heavy atom. The first-order valence-corrected chi connectivity index (χ1v) is 9.59. The van der Waals surface area contributed by atoms with Crippen molar-refractivity contribution in [3.05, 3.63) is 65.7 Å². The van der Waals surface area contributed by atoms with Crippen LogP contribution in [-0.4, -0.2) is 35.3 Å². The van der Waals surface area contributed by atoms with Crippen LogP contribution in [0, 0.1) is 5.82 Å². The highest BCUT2D eigenvalue weighted by Crippen LogP contribution is 2.32. The van der Waals surface area contributed by atoms with Crippen LogP contribution in [0.15, 0.2) is 48.7 Å². The fourth-order valence-corrected chi connectivity index (χ4v) is 3.45. The Kier molecular flexibility index (Phi) is 5.57. The second-order valence-electron chi connectivity index (χ2n) is 7.06. The van der Waals surface area contributed by atoms with E-state index in [1.807, 2.05) is 12.1 Å². The molecule has 2 heterocycles. The molecular formula is C22H22FN3O3. The van der Waals surface area contributed by atoms with Gasteiger partial charge in [-0.05, 0) is 36.6 Å². The Balaban J connectivity index is 1.53. The van der Waals surface area contributed by atoms with Gasteiger partial charge in [-0.1, -0.05) is 24.3 Å². The monoisotopic (exact) mass is 395 g/mol. The number of halogens is 1. The summed E-state index contributed by atoms with van der Waals surface area (Å²) in [6, 6.07) is 11.7. The molecule has 1 saturated heterocycles. The molecule has 0 spiro atoms. The first kappa shape index (κ1) is 19.1. The van der Waals surface area contributed by atoms with Crippen LogP contribution in [-0.2, 0) is 11.3 Å². The molecular weight excluding hydrogens is 373 g/mol. The Labute approximate surface area is 167 Å². The lowest BCUT2D eigenvalue weighted by atomic mass is 10.1. The quantitative estimate of drug-likeness (QED) is 0.615. The van der Waals surface area contributed by atoms with Crippen LogP contribution in [0.4, 0.5) is 10.1 Å². The van der Waals surface area contributed by atoms with E-state index in [0.29, 0.717) is 11.4 Å². The van der Waals surface area contributed by atoms with E-state index in [2.05, 4.69) is 15.6 Å². The van der Waals surface area contributed by atoms with E-state index in [9.17, 15) is 14.3 Å². The molecule has 6 nitrogen and oxygen atoms in total. The van der Waals surface area contributed by atoms with E-state index in [1.54, 1.807) is 24.4 Å². The molecule has 1 aromatic heterocycles. The fourth-order valence-electron chi connectivity index (χ4n) is 3.45. The molecule has 29 heavy (non-hydrogen) atoms. The van der Waals surface area contributed by atoms with Crippen LogP contribution in [0.25, 0.3) is 10.8 Å². The molecule has 0 saturated carbocycles. The van der Waals surface area contributed by atoms with Crippen LogP contribution in [0.5, 0.6) is 5.75 Å². The standard InChI is InChI=1S/C22H22FN3O3/c23-15-6-4-14(5-7-15)12-25-22(28)20-21(27)17-2-1-3-19(18(17)13-24-20)26-16-8-10-29-11-9-16/h1-7,13,16,26-27H,8-12H2,(H,25,28). The molecule has 7 heteroatoms. The molecule has 2 aromatic carbocycles. The second-order valence-corrected chi connectivity index (χ2v) is 7.06. The largest absolute Gasteiger partial charge is 0.505 e. The zero-order valence-electron chi connectivity index (χ0n) is 15.8. The number of hydrogen-bond acceptors (Lipinski definition) is 5. The Hall–Kier alpha value is -3.19. The van der Waals surface area contributed by atoms with E-state index in [4.69, 9.17) is 4.74 Å². The highest BCUT2D eigenvalue weighted by Gasteiger charge is 2.19. The van der Waals surface area contributed by atoms with Gasteiger partial charge < -0.3 is 20.5 Å². The molecule has 1 fully saturated rings. The number of hydrogen-bond donors (Lipinski definition) is 3. The van der Waals surface area contributed by atoms with E-state index >= 15 is 0 Å². The third-order valence-electron chi connectivity index (χ3n) is 5.07. The molecule has 150 valence electrons. The van der Waals surface area contributed by atoms with Gasteiger partial charge >= 0.3 is 0 Å². The van der Waals surface area contributed by atoms with Crippen molar-refractivity contribution in [2.75, 3.05) is 18.5 Å². The number of aromatic nitrogens is 1. The molecule has 3 N–H and O–H groups in total. The van der Waals surface area contributed by atoms with Crippen molar-refractivity contribution < 1.29 is 19.0 Å². The van der Waals surface area contributed by atoms with E-state index in [0.717, 1.165) is 42.7 Å². The minimum atomic E-state index is -0.489. The predicted octanol–water partition coefficient (Wildman–Crippen LogP) is 3.60. The van der Waals surface area contributed by atoms with Gasteiger partial charge in [0.05, 0.1) is 0 Å². The molecule has 1 aliphatic heterocycles. The number of aromatic hydroxyl groups is 1. The molecule has 0 atom stereocenters. The smallest absolute Gasteiger partial charge is 0.274 e. The molecule has 0 bridgehead atoms. The molecule has 0 radical (unpaired) electrons. The lowest BCUT2D eigenvalue weighted by molar-refractivity contribution is 0.0904. The maximum Gasteiger partial charge on any atom is 0.274 e. The average molecular weight is 395 g/mol. The molecule has 0 unspecified atom stereocenters. The zero-order chi connectivity index (χ0) is 20.2. The third-order valence-corrected chi connectivity index (χ3v) is 5.07. The first-order valence-electron chi connectivity index (χ1n) is 9.59. The van der Waals surface area contributed by atoms with E-state index in [1.165, 1.54) is 12.1 Å². The van der Waals surface area contributed by atoms with Gasteiger partial charge in [-0.3, -0.25) is 4.79 Å². The number of benzene rings is 2. The molecule has 4 rings (SSSR count). The summed E-state index contributed by atoms with van der Waals surface area (Å²) in [6.07, 6.45) is 3.43. The lowest BCUT2D eigenvalue weighted by Crippen LogP contribution is -2.28. The van der Waals surface area contributed by atoms with Crippen LogP contribution < -0.4 is 10.6 Å². The minimum absolute atomic E-state index is 0.0390. The van der Waals surface area contributed by atoms with Crippen molar-refractivity contribution in [1.82, 2.24) is 10.3 Å². The average Bonchev–Trinajstić information content (AvgIpc) is 2.75. The summed E-state index contributed by atoms with van der Waals surface area (Å²) in [4.78, 5) is 16.7. The predicted molar refractivity (Wildman–Crippen MR) is 108 cm³/mol. The first-order chi connectivity index (χ1) is 14.1. The third kappa shape index (κ3) is 4.30. The molecule has 1 amide bonds. The van der Waals surface area contributed by atoms with Crippen LogP contribution in [0.1, 0.15) is 28.9 Å². The number of ether oxygens (including phenoxy) is 1. The molecule has 0 aliphatic carbocycles. The summed E-state index contributed by atoms with van der Waals surface area (Å²) >= 11 is 0. The summed E-state index contributed by atoms with van der Waals surface area (Å²) < 4.78 is 18.4. The number of fused-ring (bicyclic) bond motifs is 1. The summed E-state index contributed by atoms with van der Waals surface area (Å²) in [7, 11) is 0. The van der Waals surface area contributed by atoms with Gasteiger partial charge in [0.15, 0.2) is 11.4 Å². The number of amides is 1. The van der Waals surface area contributed by atoms with Gasteiger partial charge in [0.2, 0.25) is 0 Å². The van der Waals surface area contributed by atoms with Crippen LogP contribution in [0.3, 0.4) is 0 Å². The highest BCUT2D eigenvalue weighted by molar-refractivity contribution is 6.04. The Morgan fingerprint density at radius 2 is 1.90 bits per heavy atom. The maximum absolute atomic E-state index is 13.0. The van der Waals surface area contributed by atoms with Crippen molar-refractivity contribution >= 4 is 22.4 Å². The van der Waals surface area contributed by atoms with Gasteiger partial charge in [0.25, 0.3) is 5.91 Å². The summed E-state index contributed by atoms with van der Waals surface area (Å²) in [5.74, 6) is -0.981. The number of anilines is 1. The number of carbonyl (C=O) groups is 1. The van der Waals surface area contributed by atoms with Crippen LogP contribution >= 0.6 is 0 Å². The Bertz CT molecular complexity index is 1020. The SMILES string of the molecule is O=C(NCc1ccc(F)cc1)c1ncc2c(NC3CCOCC3)cccc2c1O. The van der Waals surface area contributed by atoms with Gasteiger partial charge in [-0.15, -0.1) is 0 Å². The van der Waals surface area contributed by atoms with Gasteiger partial charge in [0.1, 0.15) is 5.82 Å². The van der Waals surface area contributed by atoms with Crippen molar-refractivity contribution in [2.45, 2.75) is 25.4 Å². The summed E-state index contributed by atoms with van der Waals surface area (Å²) in [5.41, 5.74) is 1.58. The van der Waals surface area contributed by atoms with Crippen molar-refractivity contribution in [2.24, 2.45) is 0 Å². The van der Waals surface area contributed by atoms with Crippen LogP contribution in [0.2, 0.25) is 0 Å². The van der Waals surface area contributed by atoms with Gasteiger partial charge in [-0.25, -0.2) is 9.37 Å². The number of nitrogens with zero attached hydrogens (tertiary/aromatic N) is 1. The number of rotatable bonds is 5. The lowest BCUT2D eigenvalue weighted by Gasteiger charge is -2.25. The minimum Gasteiger partial charge on any atom is -0.505 e. The highest BCUT2D eigenvalue weighted by atomic mass is 19.1. The van der Waals surface area contributed by atoms with Crippen molar-refractivity contribution in [3.63, 3.8) is 0 Å². The number of nitrogens with one attached hydrogen (secondary N) is 2. The van der Waals surface area contributed by atoms with Crippen molar-refractivity contribution in [1.29, 1.82) is 0 Å². The van der Waals surface area contributed by atoms with Gasteiger partial charge in [-0.2, -0.15) is 0 Å². The fraction of sp³-hybridized carbons (Fsp3) is 0.273. The molecule has 1 aliphatic rings. The maximum atomic E-state index is 13.0. The van der Waals surface area contributed by atoms with Crippen molar-refractivity contribution in [3.8, 4) is 5.75 Å². The summed E-state index contributed by atoms with van der Waals surface area (Å²) in [6.45, 7) is 1.66. The molecule has 3 aromatic rings. The normalized spacial score (nSPS) is 14.7. The number of pyridine rings is 1. The second kappa shape index (κ2) is 8.45. The number of carbonyl (C=O) groups excluding carboxylic acids is 1. The Morgan fingerprint density at radius 1 is 1.14 bits per heavy atom.